The van der Waals surface area contributed by atoms with Crippen molar-refractivity contribution in [2.45, 2.75) is 25.8 Å². The van der Waals surface area contributed by atoms with Crippen molar-refractivity contribution in [3.8, 4) is 0 Å². The number of piperidine rings is 1. The molecular formula is C11H25N3O3S. The number of likely N-dealkylation sites (tertiary alicyclic amines) is 1. The summed E-state index contributed by atoms with van der Waals surface area (Å²) in [7, 11) is 0.161. The Bertz CT molecular complexity index is 347. The molecule has 0 bridgehead atoms. The predicted molar refractivity (Wildman–Crippen MR) is 71.5 cm³/mol. The van der Waals surface area contributed by atoms with Crippen LogP contribution in [-0.2, 0) is 10.2 Å². The molecule has 2 unspecified atom stereocenters. The zero-order chi connectivity index (χ0) is 13.8. The van der Waals surface area contributed by atoms with E-state index in [0.29, 0.717) is 18.9 Å². The normalized spacial score (nSPS) is 26.7. The van der Waals surface area contributed by atoms with Crippen molar-refractivity contribution in [3.63, 3.8) is 0 Å². The molecule has 0 aromatic heterocycles. The summed E-state index contributed by atoms with van der Waals surface area (Å²) in [5.74, 6) is 0.310. The van der Waals surface area contributed by atoms with E-state index in [1.165, 1.54) is 11.4 Å². The highest BCUT2D eigenvalue weighted by Gasteiger charge is 2.29. The number of nitrogens with one attached hydrogen (secondary N) is 1. The third kappa shape index (κ3) is 4.47. The standard InChI is InChI=1S/C11H25N3O3S/c1-10-9-13(2)7-5-11(10)12-18(16,17)14(3)6-4-8-15/h10-12,15H,4-9H2,1-3H3. The fourth-order valence-corrected chi connectivity index (χ4v) is 3.51. The first-order valence-electron chi connectivity index (χ1n) is 6.40. The maximum Gasteiger partial charge on any atom is 0.279 e. The largest absolute Gasteiger partial charge is 0.396 e. The first-order chi connectivity index (χ1) is 8.36. The summed E-state index contributed by atoms with van der Waals surface area (Å²) in [6.45, 7) is 4.24. The molecule has 2 atom stereocenters. The minimum atomic E-state index is -3.43. The van der Waals surface area contributed by atoms with Crippen LogP contribution in [0.1, 0.15) is 19.8 Å². The number of nitrogens with zero attached hydrogens (tertiary/aromatic N) is 2. The van der Waals surface area contributed by atoms with E-state index in [1.807, 2.05) is 0 Å². The smallest absolute Gasteiger partial charge is 0.279 e. The monoisotopic (exact) mass is 279 g/mol. The molecule has 2 N–H and O–H groups in total. The molecular weight excluding hydrogens is 254 g/mol. The van der Waals surface area contributed by atoms with Gasteiger partial charge in [-0.1, -0.05) is 6.92 Å². The van der Waals surface area contributed by atoms with Crippen LogP contribution in [-0.4, -0.2) is 69.1 Å². The van der Waals surface area contributed by atoms with E-state index in [-0.39, 0.29) is 12.6 Å². The van der Waals surface area contributed by atoms with Crippen LogP contribution in [0, 0.1) is 5.92 Å². The van der Waals surface area contributed by atoms with Crippen LogP contribution in [0.2, 0.25) is 0 Å². The van der Waals surface area contributed by atoms with Crippen LogP contribution in [0.5, 0.6) is 0 Å². The lowest BCUT2D eigenvalue weighted by Crippen LogP contribution is -2.52. The van der Waals surface area contributed by atoms with E-state index in [9.17, 15) is 8.42 Å². The van der Waals surface area contributed by atoms with Gasteiger partial charge in [-0.25, -0.2) is 0 Å². The molecule has 1 aliphatic rings. The molecule has 7 heteroatoms. The van der Waals surface area contributed by atoms with Crippen LogP contribution in [0.25, 0.3) is 0 Å². The second kappa shape index (κ2) is 6.81. The molecule has 0 aliphatic carbocycles. The Morgan fingerprint density at radius 1 is 1.50 bits per heavy atom. The molecule has 0 spiro atoms. The van der Waals surface area contributed by atoms with Crippen molar-refractivity contribution in [3.05, 3.63) is 0 Å². The molecule has 18 heavy (non-hydrogen) atoms. The molecule has 0 aromatic rings. The van der Waals surface area contributed by atoms with Gasteiger partial charge in [-0.3, -0.25) is 0 Å². The SMILES string of the molecule is CC1CN(C)CCC1NS(=O)(=O)N(C)CCCO. The van der Waals surface area contributed by atoms with Crippen molar-refractivity contribution in [2.24, 2.45) is 5.92 Å². The topological polar surface area (TPSA) is 72.9 Å². The molecule has 1 heterocycles. The van der Waals surface area contributed by atoms with E-state index in [4.69, 9.17) is 5.11 Å². The Morgan fingerprint density at radius 3 is 2.72 bits per heavy atom. The molecule has 0 radical (unpaired) electrons. The van der Waals surface area contributed by atoms with Gasteiger partial charge in [0.25, 0.3) is 10.2 Å². The van der Waals surface area contributed by atoms with E-state index in [0.717, 1.165) is 19.5 Å². The molecule has 1 aliphatic heterocycles. The Balaban J connectivity index is 2.54. The number of aliphatic hydroxyl groups is 1. The summed E-state index contributed by atoms with van der Waals surface area (Å²) in [6, 6.07) is 0.00257. The summed E-state index contributed by atoms with van der Waals surface area (Å²) in [5.41, 5.74) is 0. The summed E-state index contributed by atoms with van der Waals surface area (Å²) >= 11 is 0. The molecule has 0 saturated carbocycles. The van der Waals surface area contributed by atoms with Crippen LogP contribution >= 0.6 is 0 Å². The van der Waals surface area contributed by atoms with E-state index in [2.05, 4.69) is 23.6 Å². The number of rotatable bonds is 6. The summed E-state index contributed by atoms with van der Waals surface area (Å²) in [4.78, 5) is 2.21. The maximum atomic E-state index is 12.1. The van der Waals surface area contributed by atoms with Crippen molar-refractivity contribution in [2.75, 3.05) is 40.3 Å². The zero-order valence-corrected chi connectivity index (χ0v) is 12.3. The highest BCUT2D eigenvalue weighted by atomic mass is 32.2. The lowest BCUT2D eigenvalue weighted by Gasteiger charge is -2.35. The van der Waals surface area contributed by atoms with Crippen molar-refractivity contribution >= 4 is 10.2 Å². The third-order valence-electron chi connectivity index (χ3n) is 3.45. The first kappa shape index (κ1) is 15.8. The quantitative estimate of drug-likeness (QED) is 0.686. The van der Waals surface area contributed by atoms with Gasteiger partial charge in [-0.2, -0.15) is 17.4 Å². The van der Waals surface area contributed by atoms with Gasteiger partial charge in [0.2, 0.25) is 0 Å². The van der Waals surface area contributed by atoms with Gasteiger partial charge < -0.3 is 10.0 Å². The summed E-state index contributed by atoms with van der Waals surface area (Å²) in [5, 5.41) is 8.73. The van der Waals surface area contributed by atoms with Crippen LogP contribution in [0.15, 0.2) is 0 Å². The Labute approximate surface area is 110 Å². The van der Waals surface area contributed by atoms with Crippen molar-refractivity contribution < 1.29 is 13.5 Å². The Kier molecular flexibility index (Phi) is 6.00. The third-order valence-corrected chi connectivity index (χ3v) is 5.05. The first-order valence-corrected chi connectivity index (χ1v) is 7.84. The fourth-order valence-electron chi connectivity index (χ4n) is 2.22. The number of aliphatic hydroxyl groups excluding tert-OH is 1. The van der Waals surface area contributed by atoms with Crippen LogP contribution < -0.4 is 4.72 Å². The molecule has 0 aromatic carbocycles. The molecule has 108 valence electrons. The Hall–Kier alpha value is -0.210. The van der Waals surface area contributed by atoms with Gasteiger partial charge in [-0.15, -0.1) is 0 Å². The minimum Gasteiger partial charge on any atom is -0.396 e. The summed E-state index contributed by atoms with van der Waals surface area (Å²) < 4.78 is 28.1. The zero-order valence-electron chi connectivity index (χ0n) is 11.5. The molecule has 1 saturated heterocycles. The van der Waals surface area contributed by atoms with Gasteiger partial charge in [0.05, 0.1) is 0 Å². The van der Waals surface area contributed by atoms with Crippen molar-refractivity contribution in [1.29, 1.82) is 0 Å². The molecule has 1 rings (SSSR count). The Morgan fingerprint density at radius 2 is 2.17 bits per heavy atom. The van der Waals surface area contributed by atoms with Gasteiger partial charge in [0.15, 0.2) is 0 Å². The lowest BCUT2D eigenvalue weighted by molar-refractivity contribution is 0.187. The van der Waals surface area contributed by atoms with Crippen molar-refractivity contribution in [1.82, 2.24) is 13.9 Å². The summed E-state index contributed by atoms with van der Waals surface area (Å²) in [6.07, 6.45) is 1.30. The molecule has 0 amide bonds. The van der Waals surface area contributed by atoms with Gasteiger partial charge in [-0.05, 0) is 32.4 Å². The van der Waals surface area contributed by atoms with E-state index >= 15 is 0 Å². The number of hydrogen-bond donors (Lipinski definition) is 2. The second-order valence-electron chi connectivity index (χ2n) is 5.16. The number of hydrogen-bond acceptors (Lipinski definition) is 4. The highest BCUT2D eigenvalue weighted by molar-refractivity contribution is 7.87. The predicted octanol–water partition coefficient (Wildman–Crippen LogP) is -0.525. The second-order valence-corrected chi connectivity index (χ2v) is 6.97. The lowest BCUT2D eigenvalue weighted by atomic mass is 9.95. The van der Waals surface area contributed by atoms with Gasteiger partial charge in [0, 0.05) is 32.8 Å². The van der Waals surface area contributed by atoms with Gasteiger partial charge >= 0.3 is 0 Å². The van der Waals surface area contributed by atoms with E-state index in [1.54, 1.807) is 0 Å². The van der Waals surface area contributed by atoms with Crippen LogP contribution in [0.4, 0.5) is 0 Å². The van der Waals surface area contributed by atoms with Crippen LogP contribution in [0.3, 0.4) is 0 Å². The maximum absolute atomic E-state index is 12.1. The molecule has 1 fully saturated rings. The average molecular weight is 279 g/mol. The minimum absolute atomic E-state index is 0.00257. The molecule has 6 nitrogen and oxygen atoms in total. The van der Waals surface area contributed by atoms with E-state index < -0.39 is 10.2 Å². The highest BCUT2D eigenvalue weighted by Crippen LogP contribution is 2.16. The van der Waals surface area contributed by atoms with Gasteiger partial charge in [0.1, 0.15) is 0 Å². The average Bonchev–Trinajstić information content (AvgIpc) is 2.29. The fraction of sp³-hybridized carbons (Fsp3) is 1.00.